The third-order valence-corrected chi connectivity index (χ3v) is 5.00. The lowest BCUT2D eigenvalue weighted by Gasteiger charge is -2.16. The van der Waals surface area contributed by atoms with Gasteiger partial charge in [-0.3, -0.25) is 4.79 Å². The number of fused-ring (bicyclic) bond motifs is 2. The lowest BCUT2D eigenvalue weighted by atomic mass is 9.91. The number of nitrogens with zero attached hydrogens (tertiary/aromatic N) is 1. The fraction of sp³-hybridized carbons (Fsp3) is 0.238. The summed E-state index contributed by atoms with van der Waals surface area (Å²) in [5.74, 6) is 0.182. The van der Waals surface area contributed by atoms with Gasteiger partial charge in [-0.2, -0.15) is 0 Å². The van der Waals surface area contributed by atoms with E-state index < -0.39 is 0 Å². The molecule has 0 saturated heterocycles. The van der Waals surface area contributed by atoms with Crippen LogP contribution in [0.4, 0.5) is 5.69 Å². The Morgan fingerprint density at radius 2 is 1.96 bits per heavy atom. The van der Waals surface area contributed by atoms with E-state index in [2.05, 4.69) is 49.5 Å². The maximum absolute atomic E-state index is 12.0. The average molecular weight is 331 g/mol. The first-order chi connectivity index (χ1) is 12.0. The van der Waals surface area contributed by atoms with E-state index in [4.69, 9.17) is 10.7 Å². The van der Waals surface area contributed by atoms with E-state index in [9.17, 15) is 4.79 Å². The van der Waals surface area contributed by atoms with Crippen LogP contribution in [0.1, 0.15) is 45.6 Å². The van der Waals surface area contributed by atoms with Crippen LogP contribution in [-0.4, -0.2) is 10.9 Å². The van der Waals surface area contributed by atoms with Crippen molar-refractivity contribution in [3.05, 3.63) is 70.4 Å². The van der Waals surface area contributed by atoms with E-state index in [0.29, 0.717) is 23.7 Å². The zero-order chi connectivity index (χ0) is 17.6. The van der Waals surface area contributed by atoms with E-state index in [1.54, 1.807) is 0 Å². The molecule has 2 aromatic carbocycles. The molecule has 1 aromatic heterocycles. The summed E-state index contributed by atoms with van der Waals surface area (Å²) in [6, 6.07) is 14.7. The topological polar surface area (TPSA) is 68.0 Å². The molecule has 1 aliphatic heterocycles. The number of benzene rings is 2. The minimum absolute atomic E-state index is 0.125. The van der Waals surface area contributed by atoms with Crippen LogP contribution >= 0.6 is 0 Å². The monoisotopic (exact) mass is 331 g/mol. The van der Waals surface area contributed by atoms with Crippen LogP contribution in [0.2, 0.25) is 0 Å². The number of aryl methyl sites for hydroxylation is 1. The van der Waals surface area contributed by atoms with E-state index in [1.165, 1.54) is 16.7 Å². The number of nitrogens with two attached hydrogens (primary N) is 1. The van der Waals surface area contributed by atoms with Crippen molar-refractivity contribution in [3.63, 3.8) is 0 Å². The highest BCUT2D eigenvalue weighted by Gasteiger charge is 2.26. The number of hydrogen-bond acceptors (Lipinski definition) is 3. The van der Waals surface area contributed by atoms with Gasteiger partial charge in [0, 0.05) is 5.39 Å². The van der Waals surface area contributed by atoms with Crippen LogP contribution in [-0.2, 0) is 13.0 Å². The van der Waals surface area contributed by atoms with Crippen LogP contribution in [0.15, 0.2) is 42.5 Å². The molecule has 0 bridgehead atoms. The van der Waals surface area contributed by atoms with Crippen LogP contribution in [0.5, 0.6) is 0 Å². The van der Waals surface area contributed by atoms with Crippen LogP contribution < -0.4 is 11.1 Å². The first-order valence-electron chi connectivity index (χ1n) is 8.59. The molecule has 0 fully saturated rings. The molecule has 4 heteroatoms. The summed E-state index contributed by atoms with van der Waals surface area (Å²) in [4.78, 5) is 16.8. The molecular formula is C21H21N3O. The summed E-state index contributed by atoms with van der Waals surface area (Å²) in [5, 5.41) is 3.68. The Labute approximate surface area is 147 Å². The van der Waals surface area contributed by atoms with Crippen molar-refractivity contribution in [1.82, 2.24) is 10.3 Å². The third kappa shape index (κ3) is 2.64. The summed E-state index contributed by atoms with van der Waals surface area (Å²) >= 11 is 0. The molecule has 0 aliphatic carbocycles. The number of carbonyl (C=O) groups excluding carboxylic acids is 1. The highest BCUT2D eigenvalue weighted by molar-refractivity contribution is 6.09. The van der Waals surface area contributed by atoms with Gasteiger partial charge in [-0.1, -0.05) is 55.0 Å². The van der Waals surface area contributed by atoms with Gasteiger partial charge in [-0.25, -0.2) is 4.98 Å². The third-order valence-electron chi connectivity index (χ3n) is 5.00. The molecule has 4 rings (SSSR count). The molecule has 1 atom stereocenters. The summed E-state index contributed by atoms with van der Waals surface area (Å²) in [6.07, 6.45) is 0.940. The number of rotatable bonds is 3. The molecule has 0 radical (unpaired) electrons. The number of nitrogen functional groups attached to an aromatic ring is 1. The van der Waals surface area contributed by atoms with Crippen LogP contribution in [0.3, 0.4) is 0 Å². The Bertz CT molecular complexity index is 977. The SMILES string of the molecule is Cc1ccc(CC(C)c2cccc3c(N)c4c(nc23)CNC4=O)cc1. The fourth-order valence-corrected chi connectivity index (χ4v) is 3.60. The van der Waals surface area contributed by atoms with Gasteiger partial charge >= 0.3 is 0 Å². The summed E-state index contributed by atoms with van der Waals surface area (Å²) in [6.45, 7) is 4.76. The smallest absolute Gasteiger partial charge is 0.255 e. The second-order valence-corrected chi connectivity index (χ2v) is 6.86. The molecule has 3 N–H and O–H groups in total. The van der Waals surface area contributed by atoms with Gasteiger partial charge in [-0.05, 0) is 30.4 Å². The summed E-state index contributed by atoms with van der Waals surface area (Å²) in [7, 11) is 0. The van der Waals surface area contributed by atoms with E-state index in [0.717, 1.165) is 23.0 Å². The fourth-order valence-electron chi connectivity index (χ4n) is 3.60. The van der Waals surface area contributed by atoms with Crippen LogP contribution in [0, 0.1) is 6.92 Å². The zero-order valence-corrected chi connectivity index (χ0v) is 14.5. The van der Waals surface area contributed by atoms with Gasteiger partial charge in [0.1, 0.15) is 0 Å². The molecule has 0 spiro atoms. The zero-order valence-electron chi connectivity index (χ0n) is 14.5. The van der Waals surface area contributed by atoms with Gasteiger partial charge in [0.2, 0.25) is 0 Å². The molecule has 126 valence electrons. The van der Waals surface area contributed by atoms with E-state index in [-0.39, 0.29) is 5.91 Å². The van der Waals surface area contributed by atoms with Gasteiger partial charge < -0.3 is 11.1 Å². The maximum Gasteiger partial charge on any atom is 0.255 e. The number of pyridine rings is 1. The van der Waals surface area contributed by atoms with Crippen molar-refractivity contribution < 1.29 is 4.79 Å². The van der Waals surface area contributed by atoms with Crippen molar-refractivity contribution in [2.75, 3.05) is 5.73 Å². The highest BCUT2D eigenvalue weighted by atomic mass is 16.1. The molecular weight excluding hydrogens is 310 g/mol. The number of anilines is 1. The Kier molecular flexibility index (Phi) is 3.68. The first-order valence-corrected chi connectivity index (χ1v) is 8.59. The highest BCUT2D eigenvalue weighted by Crippen LogP contribution is 2.33. The number of hydrogen-bond donors (Lipinski definition) is 2. The predicted octanol–water partition coefficient (Wildman–Crippen LogP) is 3.72. The second-order valence-electron chi connectivity index (χ2n) is 6.86. The molecule has 1 unspecified atom stereocenters. The van der Waals surface area contributed by atoms with Gasteiger partial charge in [-0.15, -0.1) is 0 Å². The predicted molar refractivity (Wildman–Crippen MR) is 101 cm³/mol. The number of para-hydroxylation sites is 1. The van der Waals surface area contributed by atoms with Gasteiger partial charge in [0.05, 0.1) is 29.0 Å². The first kappa shape index (κ1) is 15.6. The van der Waals surface area contributed by atoms with Crippen LogP contribution in [0.25, 0.3) is 10.9 Å². The Hall–Kier alpha value is -2.88. The number of aromatic nitrogens is 1. The Morgan fingerprint density at radius 3 is 2.72 bits per heavy atom. The molecule has 3 aromatic rings. The number of carbonyl (C=O) groups is 1. The Balaban J connectivity index is 1.78. The normalized spacial score (nSPS) is 14.4. The molecule has 2 heterocycles. The van der Waals surface area contributed by atoms with Crippen molar-refractivity contribution in [2.24, 2.45) is 0 Å². The van der Waals surface area contributed by atoms with Crippen molar-refractivity contribution in [3.8, 4) is 0 Å². The molecule has 1 aliphatic rings. The minimum Gasteiger partial charge on any atom is -0.397 e. The quantitative estimate of drug-likeness (QED) is 0.768. The summed E-state index contributed by atoms with van der Waals surface area (Å²) < 4.78 is 0. The van der Waals surface area contributed by atoms with Crippen molar-refractivity contribution in [2.45, 2.75) is 32.7 Å². The van der Waals surface area contributed by atoms with E-state index >= 15 is 0 Å². The Morgan fingerprint density at radius 1 is 1.20 bits per heavy atom. The van der Waals surface area contributed by atoms with Gasteiger partial charge in [0.15, 0.2) is 0 Å². The molecule has 25 heavy (non-hydrogen) atoms. The van der Waals surface area contributed by atoms with E-state index in [1.807, 2.05) is 12.1 Å². The largest absolute Gasteiger partial charge is 0.397 e. The summed E-state index contributed by atoms with van der Waals surface area (Å²) in [5.41, 5.74) is 12.8. The average Bonchev–Trinajstić information content (AvgIpc) is 2.98. The molecule has 4 nitrogen and oxygen atoms in total. The maximum atomic E-state index is 12.0. The number of nitrogens with one attached hydrogen (secondary N) is 1. The molecule has 1 amide bonds. The van der Waals surface area contributed by atoms with Crippen molar-refractivity contribution >= 4 is 22.5 Å². The lowest BCUT2D eigenvalue weighted by molar-refractivity contribution is 0.0966. The second kappa shape index (κ2) is 5.88. The minimum atomic E-state index is -0.125. The molecule has 0 saturated carbocycles. The number of amides is 1. The lowest BCUT2D eigenvalue weighted by Crippen LogP contribution is -2.13. The van der Waals surface area contributed by atoms with Gasteiger partial charge in [0.25, 0.3) is 5.91 Å². The standard InChI is InChI=1S/C21H21N3O/c1-12-6-8-14(9-7-12)10-13(2)15-4-3-5-16-19(22)18-17(24-20(15)16)11-23-21(18)25/h3-9,13H,10-11H2,1-2H3,(H2,22,24)(H,23,25). The van der Waals surface area contributed by atoms with Crippen molar-refractivity contribution in [1.29, 1.82) is 0 Å².